The van der Waals surface area contributed by atoms with Gasteiger partial charge < -0.3 is 4.90 Å². The molecule has 3 aromatic rings. The summed E-state index contributed by atoms with van der Waals surface area (Å²) in [5, 5.41) is 2.16. The fourth-order valence-electron chi connectivity index (χ4n) is 3.35. The highest BCUT2D eigenvalue weighted by Gasteiger charge is 2.23. The lowest BCUT2D eigenvalue weighted by atomic mass is 10.0. The second kappa shape index (κ2) is 7.28. The van der Waals surface area contributed by atoms with Crippen LogP contribution in [0.15, 0.2) is 58.4 Å². The van der Waals surface area contributed by atoms with Crippen LogP contribution >= 0.6 is 27.3 Å². The van der Waals surface area contributed by atoms with E-state index in [0.29, 0.717) is 0 Å². The Morgan fingerprint density at radius 3 is 2.48 bits per heavy atom. The van der Waals surface area contributed by atoms with Crippen molar-refractivity contribution in [2.45, 2.75) is 6.54 Å². The fourth-order valence-corrected chi connectivity index (χ4v) is 4.87. The van der Waals surface area contributed by atoms with Gasteiger partial charge in [-0.25, -0.2) is 0 Å². The number of rotatable bonds is 3. The molecule has 0 saturated carbocycles. The topological polar surface area (TPSA) is 23.6 Å². The van der Waals surface area contributed by atoms with Crippen molar-refractivity contribution in [3.8, 4) is 0 Å². The number of halogens is 1. The number of amides is 1. The Bertz CT molecular complexity index is 894. The molecule has 2 aromatic carbocycles. The minimum absolute atomic E-state index is 0.148. The average Bonchev–Trinajstić information content (AvgIpc) is 3.06. The van der Waals surface area contributed by atoms with E-state index >= 15 is 0 Å². The van der Waals surface area contributed by atoms with Gasteiger partial charge in [0.1, 0.15) is 0 Å². The van der Waals surface area contributed by atoms with Crippen molar-refractivity contribution in [3.05, 3.63) is 68.8 Å². The van der Waals surface area contributed by atoms with Crippen molar-refractivity contribution in [1.29, 1.82) is 0 Å². The summed E-state index contributed by atoms with van der Waals surface area (Å²) in [6.45, 7) is 4.38. The Morgan fingerprint density at radius 1 is 0.960 bits per heavy atom. The van der Waals surface area contributed by atoms with Crippen LogP contribution in [0, 0.1) is 0 Å². The summed E-state index contributed by atoms with van der Waals surface area (Å²) >= 11 is 5.30. The van der Waals surface area contributed by atoms with Gasteiger partial charge in [0, 0.05) is 43.2 Å². The van der Waals surface area contributed by atoms with Crippen molar-refractivity contribution in [1.82, 2.24) is 9.80 Å². The first-order valence-corrected chi connectivity index (χ1v) is 10.1. The van der Waals surface area contributed by atoms with Crippen LogP contribution in [0.2, 0.25) is 0 Å². The molecule has 3 nitrogen and oxygen atoms in total. The maximum atomic E-state index is 13.0. The highest BCUT2D eigenvalue weighted by atomic mass is 79.9. The van der Waals surface area contributed by atoms with Gasteiger partial charge in [0.2, 0.25) is 0 Å². The molecular weight excluding hydrogens is 396 g/mol. The molecule has 1 aliphatic heterocycles. The summed E-state index contributed by atoms with van der Waals surface area (Å²) in [6, 6.07) is 18.3. The summed E-state index contributed by atoms with van der Waals surface area (Å²) in [7, 11) is 0. The second-order valence-electron chi connectivity index (χ2n) is 6.30. The largest absolute Gasteiger partial charge is 0.336 e. The summed E-state index contributed by atoms with van der Waals surface area (Å²) in [5.41, 5.74) is 0.814. The van der Waals surface area contributed by atoms with Gasteiger partial charge in [-0.15, -0.1) is 11.3 Å². The zero-order chi connectivity index (χ0) is 17.2. The first-order chi connectivity index (χ1) is 12.2. The lowest BCUT2D eigenvalue weighted by Gasteiger charge is -2.34. The van der Waals surface area contributed by atoms with E-state index in [1.54, 1.807) is 11.3 Å². The number of hydrogen-bond donors (Lipinski definition) is 0. The third-order valence-electron chi connectivity index (χ3n) is 4.69. The van der Waals surface area contributed by atoms with Gasteiger partial charge in [0.05, 0.1) is 3.79 Å². The van der Waals surface area contributed by atoms with Crippen LogP contribution in [0.4, 0.5) is 0 Å². The van der Waals surface area contributed by atoms with E-state index in [-0.39, 0.29) is 5.91 Å². The number of carbonyl (C=O) groups excluding carboxylic acids is 1. The zero-order valence-electron chi connectivity index (χ0n) is 13.8. The Morgan fingerprint density at radius 2 is 1.72 bits per heavy atom. The molecule has 2 heterocycles. The standard InChI is InChI=1S/C20H19BrN2OS/c21-19-9-8-16(25-19)14-22-10-12-23(13-11-22)20(24)18-7-3-5-15-4-1-2-6-17(15)18/h1-9H,10-14H2. The Kier molecular flexibility index (Phi) is 4.88. The molecule has 0 radical (unpaired) electrons. The van der Waals surface area contributed by atoms with Gasteiger partial charge in [-0.2, -0.15) is 0 Å². The Labute approximate surface area is 160 Å². The predicted octanol–water partition coefficient (Wildman–Crippen LogP) is 4.62. The van der Waals surface area contributed by atoms with Crippen LogP contribution in [-0.4, -0.2) is 41.9 Å². The number of hydrogen-bond acceptors (Lipinski definition) is 3. The minimum Gasteiger partial charge on any atom is -0.336 e. The lowest BCUT2D eigenvalue weighted by Crippen LogP contribution is -2.48. The molecule has 0 atom stereocenters. The SMILES string of the molecule is O=C(c1cccc2ccccc12)N1CCN(Cc2ccc(Br)s2)CC1. The van der Waals surface area contributed by atoms with E-state index in [2.05, 4.69) is 45.1 Å². The molecule has 1 aromatic heterocycles. The van der Waals surface area contributed by atoms with Crippen LogP contribution in [-0.2, 0) is 6.54 Å². The number of benzene rings is 2. The maximum Gasteiger partial charge on any atom is 0.254 e. The smallest absolute Gasteiger partial charge is 0.254 e. The lowest BCUT2D eigenvalue weighted by molar-refractivity contribution is 0.0631. The number of nitrogens with zero attached hydrogens (tertiary/aromatic N) is 2. The van der Waals surface area contributed by atoms with E-state index < -0.39 is 0 Å². The molecule has 0 spiro atoms. The van der Waals surface area contributed by atoms with Crippen LogP contribution in [0.25, 0.3) is 10.8 Å². The molecule has 128 valence electrons. The van der Waals surface area contributed by atoms with Gasteiger partial charge >= 0.3 is 0 Å². The maximum absolute atomic E-state index is 13.0. The third-order valence-corrected chi connectivity index (χ3v) is 6.30. The Balaban J connectivity index is 1.44. The average molecular weight is 415 g/mol. The third kappa shape index (κ3) is 3.64. The second-order valence-corrected chi connectivity index (χ2v) is 8.85. The molecule has 1 amide bonds. The summed E-state index contributed by atoms with van der Waals surface area (Å²) < 4.78 is 1.17. The van der Waals surface area contributed by atoms with Crippen molar-refractivity contribution in [2.24, 2.45) is 0 Å². The van der Waals surface area contributed by atoms with E-state index in [9.17, 15) is 4.79 Å². The highest BCUT2D eigenvalue weighted by Crippen LogP contribution is 2.24. The molecule has 1 fully saturated rings. The Hall–Kier alpha value is -1.69. The molecule has 0 N–H and O–H groups in total. The van der Waals surface area contributed by atoms with Crippen LogP contribution in [0.3, 0.4) is 0 Å². The number of piperazine rings is 1. The molecule has 0 aliphatic carbocycles. The number of fused-ring (bicyclic) bond motifs is 1. The van der Waals surface area contributed by atoms with E-state index in [1.807, 2.05) is 35.2 Å². The monoisotopic (exact) mass is 414 g/mol. The van der Waals surface area contributed by atoms with E-state index in [0.717, 1.165) is 49.1 Å². The predicted molar refractivity (Wildman–Crippen MR) is 107 cm³/mol. The van der Waals surface area contributed by atoms with E-state index in [1.165, 1.54) is 8.66 Å². The molecular formula is C20H19BrN2OS. The molecule has 5 heteroatoms. The first-order valence-electron chi connectivity index (χ1n) is 8.44. The highest BCUT2D eigenvalue weighted by molar-refractivity contribution is 9.11. The molecule has 4 rings (SSSR count). The van der Waals surface area contributed by atoms with Crippen molar-refractivity contribution in [3.63, 3.8) is 0 Å². The molecule has 25 heavy (non-hydrogen) atoms. The summed E-state index contributed by atoms with van der Waals surface area (Å²) in [5.74, 6) is 0.148. The van der Waals surface area contributed by atoms with Crippen LogP contribution < -0.4 is 0 Å². The quantitative estimate of drug-likeness (QED) is 0.623. The molecule has 0 unspecified atom stereocenters. The van der Waals surface area contributed by atoms with Crippen molar-refractivity contribution < 1.29 is 4.79 Å². The van der Waals surface area contributed by atoms with Gasteiger partial charge in [-0.1, -0.05) is 36.4 Å². The summed E-state index contributed by atoms with van der Waals surface area (Å²) in [4.78, 5) is 18.8. The molecule has 1 saturated heterocycles. The molecule has 0 bridgehead atoms. The summed E-state index contributed by atoms with van der Waals surface area (Å²) in [6.07, 6.45) is 0. The minimum atomic E-state index is 0.148. The van der Waals surface area contributed by atoms with Gasteiger partial charge in [-0.3, -0.25) is 9.69 Å². The van der Waals surface area contributed by atoms with Gasteiger partial charge in [0.25, 0.3) is 5.91 Å². The number of thiophene rings is 1. The van der Waals surface area contributed by atoms with Crippen LogP contribution in [0.1, 0.15) is 15.2 Å². The van der Waals surface area contributed by atoms with Crippen molar-refractivity contribution in [2.75, 3.05) is 26.2 Å². The normalized spacial score (nSPS) is 15.6. The zero-order valence-corrected chi connectivity index (χ0v) is 16.2. The molecule has 1 aliphatic rings. The van der Waals surface area contributed by atoms with E-state index in [4.69, 9.17) is 0 Å². The van der Waals surface area contributed by atoms with Gasteiger partial charge in [-0.05, 0) is 44.9 Å². The van der Waals surface area contributed by atoms with Crippen molar-refractivity contribution >= 4 is 43.9 Å². The fraction of sp³-hybridized carbons (Fsp3) is 0.250. The van der Waals surface area contributed by atoms with Gasteiger partial charge in [0.15, 0.2) is 0 Å². The first kappa shape index (κ1) is 16.8. The number of carbonyl (C=O) groups is 1. The van der Waals surface area contributed by atoms with Crippen LogP contribution in [0.5, 0.6) is 0 Å².